The van der Waals surface area contributed by atoms with Gasteiger partial charge in [0.1, 0.15) is 5.82 Å². The molecule has 0 aliphatic heterocycles. The van der Waals surface area contributed by atoms with Crippen molar-refractivity contribution in [2.45, 2.75) is 16.7 Å². The van der Waals surface area contributed by atoms with E-state index in [1.54, 1.807) is 22.6 Å². The number of nitrogens with two attached hydrogens (primary N) is 1. The van der Waals surface area contributed by atoms with Crippen molar-refractivity contribution in [1.29, 1.82) is 0 Å². The van der Waals surface area contributed by atoms with E-state index in [2.05, 4.69) is 38.1 Å². The molecule has 0 saturated heterocycles. The minimum absolute atomic E-state index is 0.581. The highest BCUT2D eigenvalue weighted by atomic mass is 79.9. The van der Waals surface area contributed by atoms with Crippen molar-refractivity contribution in [3.63, 3.8) is 0 Å². The summed E-state index contributed by atoms with van der Waals surface area (Å²) in [6.07, 6.45) is 1.75. The van der Waals surface area contributed by atoms with Crippen molar-refractivity contribution in [1.82, 2.24) is 14.8 Å². The van der Waals surface area contributed by atoms with Crippen LogP contribution in [0.5, 0.6) is 0 Å². The van der Waals surface area contributed by atoms with Crippen LogP contribution >= 0.6 is 27.7 Å². The van der Waals surface area contributed by atoms with E-state index in [0.717, 1.165) is 25.8 Å². The summed E-state index contributed by atoms with van der Waals surface area (Å²) in [4.78, 5) is 6.60. The zero-order chi connectivity index (χ0) is 14.8. The maximum atomic E-state index is 6.01. The van der Waals surface area contributed by atoms with Gasteiger partial charge in [0.25, 0.3) is 0 Å². The van der Waals surface area contributed by atoms with Crippen LogP contribution in [-0.4, -0.2) is 14.8 Å². The van der Waals surface area contributed by atoms with Crippen LogP contribution in [0, 0.1) is 6.92 Å². The van der Waals surface area contributed by atoms with Gasteiger partial charge in [-0.05, 0) is 41.1 Å². The third kappa shape index (κ3) is 3.11. The fraction of sp³-hybridized carbons (Fsp3) is 0.0667. The molecule has 1 aromatic carbocycles. The fourth-order valence-electron chi connectivity index (χ4n) is 1.95. The Labute approximate surface area is 135 Å². The Balaban J connectivity index is 2.07. The first-order valence-corrected chi connectivity index (χ1v) is 7.95. The number of anilines is 1. The Kier molecular flexibility index (Phi) is 3.98. The first kappa shape index (κ1) is 14.2. The molecule has 2 aromatic heterocycles. The molecule has 2 heterocycles. The lowest BCUT2D eigenvalue weighted by atomic mass is 10.4. The van der Waals surface area contributed by atoms with Crippen LogP contribution in [-0.2, 0) is 0 Å². The average molecular weight is 361 g/mol. The van der Waals surface area contributed by atoms with E-state index in [0.29, 0.717) is 5.82 Å². The normalized spacial score (nSPS) is 10.8. The summed E-state index contributed by atoms with van der Waals surface area (Å²) in [6.45, 7) is 1.91. The second-order valence-electron chi connectivity index (χ2n) is 4.51. The molecule has 0 aliphatic carbocycles. The van der Waals surface area contributed by atoms with Crippen molar-refractivity contribution in [3.8, 4) is 5.82 Å². The van der Waals surface area contributed by atoms with E-state index in [1.807, 2.05) is 37.3 Å². The van der Waals surface area contributed by atoms with Gasteiger partial charge >= 0.3 is 0 Å². The monoisotopic (exact) mass is 360 g/mol. The summed E-state index contributed by atoms with van der Waals surface area (Å²) in [5, 5.41) is 4.41. The zero-order valence-electron chi connectivity index (χ0n) is 11.3. The second kappa shape index (κ2) is 5.91. The minimum Gasteiger partial charge on any atom is -0.384 e. The number of rotatable bonds is 3. The van der Waals surface area contributed by atoms with Crippen LogP contribution in [0.3, 0.4) is 0 Å². The molecular formula is C15H13BrN4S. The van der Waals surface area contributed by atoms with Gasteiger partial charge in [-0.2, -0.15) is 9.78 Å². The molecule has 0 radical (unpaired) electrons. The molecule has 0 atom stereocenters. The van der Waals surface area contributed by atoms with Gasteiger partial charge in [0.2, 0.25) is 0 Å². The smallest absolute Gasteiger partial charge is 0.169 e. The summed E-state index contributed by atoms with van der Waals surface area (Å²) in [5.41, 5.74) is 6.88. The van der Waals surface area contributed by atoms with Gasteiger partial charge in [-0.3, -0.25) is 0 Å². The molecule has 0 fully saturated rings. The third-order valence-corrected chi connectivity index (χ3v) is 4.29. The van der Waals surface area contributed by atoms with Gasteiger partial charge in [-0.25, -0.2) is 4.98 Å². The van der Waals surface area contributed by atoms with Crippen LogP contribution in [0.15, 0.2) is 62.9 Å². The average Bonchev–Trinajstić information content (AvgIpc) is 2.79. The number of hydrogen-bond donors (Lipinski definition) is 1. The van der Waals surface area contributed by atoms with E-state index in [-0.39, 0.29) is 0 Å². The number of aryl methyl sites for hydroxylation is 1. The van der Waals surface area contributed by atoms with Gasteiger partial charge in [0, 0.05) is 21.6 Å². The Morgan fingerprint density at radius 3 is 2.62 bits per heavy atom. The molecule has 0 spiro atoms. The largest absolute Gasteiger partial charge is 0.384 e. The molecule has 3 rings (SSSR count). The maximum Gasteiger partial charge on any atom is 0.169 e. The minimum atomic E-state index is 0.581. The zero-order valence-corrected chi connectivity index (χ0v) is 13.7. The first-order valence-electron chi connectivity index (χ1n) is 6.34. The lowest BCUT2D eigenvalue weighted by molar-refractivity contribution is 0.820. The first-order chi connectivity index (χ1) is 10.1. The van der Waals surface area contributed by atoms with Crippen molar-refractivity contribution < 1.29 is 0 Å². The van der Waals surface area contributed by atoms with Gasteiger partial charge < -0.3 is 5.73 Å². The molecule has 0 unspecified atom stereocenters. The Morgan fingerprint density at radius 1 is 1.19 bits per heavy atom. The highest BCUT2D eigenvalue weighted by Gasteiger charge is 2.13. The second-order valence-corrected chi connectivity index (χ2v) is 6.54. The van der Waals surface area contributed by atoms with E-state index in [1.165, 1.54) is 0 Å². The predicted molar refractivity (Wildman–Crippen MR) is 88.8 cm³/mol. The number of hydrogen-bond acceptors (Lipinski definition) is 4. The van der Waals surface area contributed by atoms with Crippen molar-refractivity contribution in [2.24, 2.45) is 0 Å². The Morgan fingerprint density at radius 2 is 1.95 bits per heavy atom. The number of pyridine rings is 1. The van der Waals surface area contributed by atoms with E-state index < -0.39 is 0 Å². The van der Waals surface area contributed by atoms with E-state index in [4.69, 9.17) is 5.73 Å². The Bertz CT molecular complexity index is 771. The lowest BCUT2D eigenvalue weighted by Crippen LogP contribution is -2.05. The molecule has 4 nitrogen and oxygen atoms in total. The summed E-state index contributed by atoms with van der Waals surface area (Å²) in [7, 11) is 0. The van der Waals surface area contributed by atoms with Crippen LogP contribution in [0.2, 0.25) is 0 Å². The van der Waals surface area contributed by atoms with E-state index >= 15 is 0 Å². The molecule has 6 heteroatoms. The molecule has 3 aromatic rings. The number of aromatic nitrogens is 3. The molecule has 0 saturated carbocycles. The third-order valence-electron chi connectivity index (χ3n) is 2.83. The highest BCUT2D eigenvalue weighted by molar-refractivity contribution is 9.10. The quantitative estimate of drug-likeness (QED) is 0.764. The molecule has 0 amide bonds. The summed E-state index contributed by atoms with van der Waals surface area (Å²) in [5.74, 6) is 1.31. The number of nitrogen functional groups attached to an aromatic ring is 1. The van der Waals surface area contributed by atoms with Crippen LogP contribution in [0.25, 0.3) is 5.82 Å². The SMILES string of the molecule is Cc1cc(N)n(-c2ncc(Br)cc2Sc2ccccc2)n1. The van der Waals surface area contributed by atoms with Crippen LogP contribution in [0.1, 0.15) is 5.69 Å². The Hall–Kier alpha value is -1.79. The molecule has 0 aliphatic rings. The van der Waals surface area contributed by atoms with Crippen LogP contribution in [0.4, 0.5) is 5.82 Å². The van der Waals surface area contributed by atoms with E-state index in [9.17, 15) is 0 Å². The van der Waals surface area contributed by atoms with Crippen molar-refractivity contribution >= 4 is 33.5 Å². The van der Waals surface area contributed by atoms with Gasteiger partial charge in [0.15, 0.2) is 5.82 Å². The standard InChI is InChI=1S/C15H13BrN4S/c1-10-7-14(17)20(19-10)15-13(8-11(16)9-18-15)21-12-5-3-2-4-6-12/h2-9H,17H2,1H3. The number of halogens is 1. The molecule has 21 heavy (non-hydrogen) atoms. The van der Waals surface area contributed by atoms with Gasteiger partial charge in [-0.1, -0.05) is 30.0 Å². The summed E-state index contributed by atoms with van der Waals surface area (Å²) >= 11 is 5.10. The summed E-state index contributed by atoms with van der Waals surface area (Å²) in [6, 6.07) is 14.0. The van der Waals surface area contributed by atoms with Crippen molar-refractivity contribution in [3.05, 3.63) is 58.8 Å². The predicted octanol–water partition coefficient (Wildman–Crippen LogP) is 4.07. The van der Waals surface area contributed by atoms with Crippen molar-refractivity contribution in [2.75, 3.05) is 5.73 Å². The number of benzene rings is 1. The van der Waals surface area contributed by atoms with Gasteiger partial charge in [-0.15, -0.1) is 0 Å². The molecular weight excluding hydrogens is 348 g/mol. The highest BCUT2D eigenvalue weighted by Crippen LogP contribution is 2.33. The molecule has 106 valence electrons. The van der Waals surface area contributed by atoms with Gasteiger partial charge in [0.05, 0.1) is 10.6 Å². The number of nitrogens with zero attached hydrogens (tertiary/aromatic N) is 3. The molecule has 2 N–H and O–H groups in total. The van der Waals surface area contributed by atoms with Crippen LogP contribution < -0.4 is 5.73 Å². The topological polar surface area (TPSA) is 56.7 Å². The molecule has 0 bridgehead atoms. The summed E-state index contributed by atoms with van der Waals surface area (Å²) < 4.78 is 2.60. The fourth-order valence-corrected chi connectivity index (χ4v) is 3.40. The lowest BCUT2D eigenvalue weighted by Gasteiger charge is -2.10. The maximum absolute atomic E-state index is 6.01.